The van der Waals surface area contributed by atoms with Crippen LogP contribution in [0, 0.1) is 5.41 Å². The number of carbonyl (C=O) groups is 1. The summed E-state index contributed by atoms with van der Waals surface area (Å²) in [7, 11) is 0. The minimum Gasteiger partial charge on any atom is -0.353 e. The fourth-order valence-corrected chi connectivity index (χ4v) is 2.46. The maximum absolute atomic E-state index is 12.0. The molecule has 2 nitrogen and oxygen atoms in total. The van der Waals surface area contributed by atoms with Gasteiger partial charge in [-0.3, -0.25) is 4.79 Å². The van der Waals surface area contributed by atoms with E-state index in [4.69, 9.17) is 0 Å². The topological polar surface area (TPSA) is 29.1 Å². The molecule has 1 aromatic carbocycles. The Morgan fingerprint density at radius 1 is 1.26 bits per heavy atom. The van der Waals surface area contributed by atoms with E-state index in [-0.39, 0.29) is 17.4 Å². The third-order valence-electron chi connectivity index (χ3n) is 3.26. The first-order valence-electron chi connectivity index (χ1n) is 6.82. The molecule has 0 bridgehead atoms. The standard InChI is InChI=1S/C16H24BrNO/c1-16(2,3)14(11-12-17)18-15(19)10-9-13-7-5-4-6-8-13/h4-8,14H,9-12H2,1-3H3,(H,18,19). The lowest BCUT2D eigenvalue weighted by Crippen LogP contribution is -2.44. The molecule has 1 rings (SSSR count). The third kappa shape index (κ3) is 6.24. The lowest BCUT2D eigenvalue weighted by molar-refractivity contribution is -0.122. The van der Waals surface area contributed by atoms with Crippen LogP contribution >= 0.6 is 15.9 Å². The Hall–Kier alpha value is -0.830. The van der Waals surface area contributed by atoms with Crippen LogP contribution in [0.3, 0.4) is 0 Å². The number of aryl methyl sites for hydroxylation is 1. The number of hydrogen-bond donors (Lipinski definition) is 1. The summed E-state index contributed by atoms with van der Waals surface area (Å²) in [6.07, 6.45) is 2.32. The van der Waals surface area contributed by atoms with Crippen molar-refractivity contribution in [2.45, 2.75) is 46.1 Å². The number of nitrogens with one attached hydrogen (secondary N) is 1. The summed E-state index contributed by atoms with van der Waals surface area (Å²) in [4.78, 5) is 12.0. The number of halogens is 1. The molecule has 1 N–H and O–H groups in total. The average molecular weight is 326 g/mol. The lowest BCUT2D eigenvalue weighted by atomic mass is 9.85. The van der Waals surface area contributed by atoms with Crippen molar-refractivity contribution in [2.75, 3.05) is 5.33 Å². The molecule has 1 atom stereocenters. The van der Waals surface area contributed by atoms with Crippen LogP contribution in [0.2, 0.25) is 0 Å². The van der Waals surface area contributed by atoms with E-state index in [1.807, 2.05) is 18.2 Å². The van der Waals surface area contributed by atoms with Crippen molar-refractivity contribution in [2.24, 2.45) is 5.41 Å². The summed E-state index contributed by atoms with van der Waals surface area (Å²) < 4.78 is 0. The molecule has 106 valence electrons. The zero-order chi connectivity index (χ0) is 14.3. The second-order valence-electron chi connectivity index (χ2n) is 5.95. The number of hydrogen-bond acceptors (Lipinski definition) is 1. The average Bonchev–Trinajstić information content (AvgIpc) is 2.36. The van der Waals surface area contributed by atoms with Gasteiger partial charge in [-0.15, -0.1) is 0 Å². The second kappa shape index (κ2) is 7.68. The Kier molecular flexibility index (Phi) is 6.56. The molecule has 0 radical (unpaired) electrons. The van der Waals surface area contributed by atoms with Crippen LogP contribution in [0.4, 0.5) is 0 Å². The molecule has 19 heavy (non-hydrogen) atoms. The molecule has 0 aliphatic rings. The highest BCUT2D eigenvalue weighted by atomic mass is 79.9. The van der Waals surface area contributed by atoms with E-state index < -0.39 is 0 Å². The number of carbonyl (C=O) groups excluding carboxylic acids is 1. The number of amides is 1. The zero-order valence-corrected chi connectivity index (χ0v) is 13.7. The van der Waals surface area contributed by atoms with Gasteiger partial charge < -0.3 is 5.32 Å². The van der Waals surface area contributed by atoms with Crippen LogP contribution in [0.1, 0.15) is 39.2 Å². The summed E-state index contributed by atoms with van der Waals surface area (Å²) in [5.74, 6) is 0.143. The smallest absolute Gasteiger partial charge is 0.220 e. The van der Waals surface area contributed by atoms with Gasteiger partial charge in [-0.1, -0.05) is 67.0 Å². The van der Waals surface area contributed by atoms with E-state index in [9.17, 15) is 4.79 Å². The van der Waals surface area contributed by atoms with Gasteiger partial charge in [0.15, 0.2) is 0 Å². The Balaban J connectivity index is 2.45. The van der Waals surface area contributed by atoms with Crippen LogP contribution in [-0.4, -0.2) is 17.3 Å². The predicted octanol–water partition coefficient (Wildman–Crippen LogP) is 3.94. The molecule has 0 fully saturated rings. The molecule has 0 heterocycles. The number of benzene rings is 1. The van der Waals surface area contributed by atoms with Crippen LogP contribution in [0.25, 0.3) is 0 Å². The van der Waals surface area contributed by atoms with E-state index in [2.05, 4.69) is 54.2 Å². The van der Waals surface area contributed by atoms with Gasteiger partial charge in [0.1, 0.15) is 0 Å². The van der Waals surface area contributed by atoms with Crippen LogP contribution in [0.15, 0.2) is 30.3 Å². The molecular formula is C16H24BrNO. The summed E-state index contributed by atoms with van der Waals surface area (Å²) in [6.45, 7) is 6.49. The van der Waals surface area contributed by atoms with Crippen molar-refractivity contribution in [3.8, 4) is 0 Å². The largest absolute Gasteiger partial charge is 0.353 e. The molecule has 1 amide bonds. The van der Waals surface area contributed by atoms with E-state index >= 15 is 0 Å². The maximum Gasteiger partial charge on any atom is 0.220 e. The summed E-state index contributed by atoms with van der Waals surface area (Å²) >= 11 is 3.46. The highest BCUT2D eigenvalue weighted by molar-refractivity contribution is 9.09. The molecule has 1 aromatic rings. The number of rotatable bonds is 6. The van der Waals surface area contributed by atoms with Gasteiger partial charge in [-0.2, -0.15) is 0 Å². The Labute approximate surface area is 125 Å². The fraction of sp³-hybridized carbons (Fsp3) is 0.562. The summed E-state index contributed by atoms with van der Waals surface area (Å²) in [5, 5.41) is 4.07. The third-order valence-corrected chi connectivity index (χ3v) is 3.72. The molecule has 0 aliphatic carbocycles. The first-order valence-corrected chi connectivity index (χ1v) is 7.95. The zero-order valence-electron chi connectivity index (χ0n) is 12.1. The van der Waals surface area contributed by atoms with Gasteiger partial charge >= 0.3 is 0 Å². The molecular weight excluding hydrogens is 302 g/mol. The minimum atomic E-state index is 0.0934. The van der Waals surface area contributed by atoms with Crippen molar-refractivity contribution >= 4 is 21.8 Å². The van der Waals surface area contributed by atoms with Gasteiger partial charge in [-0.05, 0) is 23.8 Å². The molecule has 0 saturated heterocycles. The first-order chi connectivity index (χ1) is 8.93. The van der Waals surface area contributed by atoms with Crippen LogP contribution < -0.4 is 5.32 Å². The first kappa shape index (κ1) is 16.2. The SMILES string of the molecule is CC(C)(C)C(CCBr)NC(=O)CCc1ccccc1. The van der Waals surface area contributed by atoms with Gasteiger partial charge in [0.25, 0.3) is 0 Å². The quantitative estimate of drug-likeness (QED) is 0.789. The van der Waals surface area contributed by atoms with Gasteiger partial charge in [0.2, 0.25) is 5.91 Å². The van der Waals surface area contributed by atoms with Gasteiger partial charge in [0, 0.05) is 17.8 Å². The fourth-order valence-electron chi connectivity index (χ4n) is 2.00. The van der Waals surface area contributed by atoms with Crippen molar-refractivity contribution in [1.29, 1.82) is 0 Å². The maximum atomic E-state index is 12.0. The van der Waals surface area contributed by atoms with Gasteiger partial charge in [0.05, 0.1) is 0 Å². The van der Waals surface area contributed by atoms with Crippen molar-refractivity contribution in [1.82, 2.24) is 5.32 Å². The van der Waals surface area contributed by atoms with Crippen LogP contribution in [-0.2, 0) is 11.2 Å². The Morgan fingerprint density at radius 3 is 2.42 bits per heavy atom. The lowest BCUT2D eigenvalue weighted by Gasteiger charge is -2.31. The second-order valence-corrected chi connectivity index (χ2v) is 6.74. The van der Waals surface area contributed by atoms with E-state index in [0.717, 1.165) is 18.2 Å². The normalized spacial score (nSPS) is 13.1. The highest BCUT2D eigenvalue weighted by Crippen LogP contribution is 2.22. The molecule has 0 spiro atoms. The molecule has 0 aliphatic heterocycles. The van der Waals surface area contributed by atoms with Gasteiger partial charge in [-0.25, -0.2) is 0 Å². The summed E-state index contributed by atoms with van der Waals surface area (Å²) in [5.41, 5.74) is 1.31. The van der Waals surface area contributed by atoms with Crippen LogP contribution in [0.5, 0.6) is 0 Å². The minimum absolute atomic E-state index is 0.0934. The Morgan fingerprint density at radius 2 is 1.89 bits per heavy atom. The van der Waals surface area contributed by atoms with Crippen molar-refractivity contribution < 1.29 is 4.79 Å². The predicted molar refractivity (Wildman–Crippen MR) is 84.6 cm³/mol. The molecule has 0 aromatic heterocycles. The van der Waals surface area contributed by atoms with E-state index in [1.165, 1.54) is 5.56 Å². The van der Waals surface area contributed by atoms with E-state index in [0.29, 0.717) is 6.42 Å². The molecule has 0 saturated carbocycles. The van der Waals surface area contributed by atoms with E-state index in [1.54, 1.807) is 0 Å². The molecule has 1 unspecified atom stereocenters. The highest BCUT2D eigenvalue weighted by Gasteiger charge is 2.25. The molecule has 3 heteroatoms. The van der Waals surface area contributed by atoms with Crippen molar-refractivity contribution in [3.63, 3.8) is 0 Å². The monoisotopic (exact) mass is 325 g/mol. The number of alkyl halides is 1. The Bertz CT molecular complexity index is 383. The van der Waals surface area contributed by atoms with Crippen molar-refractivity contribution in [3.05, 3.63) is 35.9 Å². The summed E-state index contributed by atoms with van der Waals surface area (Å²) in [6, 6.07) is 10.4.